The Labute approximate surface area is 122 Å². The van der Waals surface area contributed by atoms with Crippen molar-refractivity contribution in [3.63, 3.8) is 0 Å². The summed E-state index contributed by atoms with van der Waals surface area (Å²) in [6.07, 6.45) is 8.59. The van der Waals surface area contributed by atoms with E-state index in [1.54, 1.807) is 0 Å². The summed E-state index contributed by atoms with van der Waals surface area (Å²) in [5, 5.41) is 0. The summed E-state index contributed by atoms with van der Waals surface area (Å²) in [6.45, 7) is 6.16. The van der Waals surface area contributed by atoms with Crippen LogP contribution in [0.25, 0.3) is 0 Å². The van der Waals surface area contributed by atoms with E-state index in [4.69, 9.17) is 10.5 Å². The summed E-state index contributed by atoms with van der Waals surface area (Å²) >= 11 is 0. The molecular weight excluding hydrogens is 252 g/mol. The number of nitrogens with two attached hydrogens (primary N) is 1. The second kappa shape index (κ2) is 6.76. The van der Waals surface area contributed by atoms with Crippen LogP contribution in [0.15, 0.2) is 4.99 Å². The molecule has 3 aliphatic heterocycles. The third kappa shape index (κ3) is 3.64. The van der Waals surface area contributed by atoms with Gasteiger partial charge < -0.3 is 15.4 Å². The van der Waals surface area contributed by atoms with E-state index < -0.39 is 0 Å². The quantitative estimate of drug-likeness (QED) is 0.620. The van der Waals surface area contributed by atoms with Crippen molar-refractivity contribution in [1.82, 2.24) is 9.80 Å². The van der Waals surface area contributed by atoms with Crippen LogP contribution in [-0.4, -0.2) is 67.2 Å². The number of hydrogen-bond donors (Lipinski definition) is 1. The van der Waals surface area contributed by atoms with Crippen LogP contribution in [0, 0.1) is 0 Å². The van der Waals surface area contributed by atoms with E-state index in [1.807, 2.05) is 0 Å². The summed E-state index contributed by atoms with van der Waals surface area (Å²) in [5.74, 6) is 0.753. The van der Waals surface area contributed by atoms with Gasteiger partial charge in [0.1, 0.15) is 0 Å². The Bertz CT molecular complexity index is 327. The van der Waals surface area contributed by atoms with E-state index in [0.29, 0.717) is 12.2 Å². The monoisotopic (exact) mass is 280 g/mol. The Morgan fingerprint density at radius 2 is 1.70 bits per heavy atom. The second-order valence-corrected chi connectivity index (χ2v) is 6.36. The van der Waals surface area contributed by atoms with Crippen LogP contribution in [0.2, 0.25) is 0 Å². The minimum Gasteiger partial charge on any atom is -0.372 e. The predicted octanol–water partition coefficient (Wildman–Crippen LogP) is 1.04. The van der Waals surface area contributed by atoms with E-state index in [2.05, 4.69) is 14.8 Å². The summed E-state index contributed by atoms with van der Waals surface area (Å²) < 4.78 is 5.85. The lowest BCUT2D eigenvalue weighted by atomic mass is 10.2. The molecule has 0 aromatic carbocycles. The molecule has 20 heavy (non-hydrogen) atoms. The lowest BCUT2D eigenvalue weighted by Gasteiger charge is -2.31. The van der Waals surface area contributed by atoms with Crippen molar-refractivity contribution < 1.29 is 4.74 Å². The first kappa shape index (κ1) is 14.1. The lowest BCUT2D eigenvalue weighted by Crippen LogP contribution is -2.44. The first-order chi connectivity index (χ1) is 9.81. The smallest absolute Gasteiger partial charge is 0.191 e. The number of hydrogen-bond acceptors (Lipinski definition) is 3. The fourth-order valence-corrected chi connectivity index (χ4v) is 3.59. The van der Waals surface area contributed by atoms with Crippen molar-refractivity contribution in [2.45, 2.75) is 50.7 Å². The lowest BCUT2D eigenvalue weighted by molar-refractivity contribution is -0.0370. The van der Waals surface area contributed by atoms with Crippen LogP contribution in [0.4, 0.5) is 0 Å². The Balaban J connectivity index is 1.42. The Kier molecular flexibility index (Phi) is 4.78. The normalized spacial score (nSPS) is 32.4. The molecule has 0 radical (unpaired) electrons. The van der Waals surface area contributed by atoms with E-state index in [1.165, 1.54) is 38.5 Å². The molecule has 2 bridgehead atoms. The van der Waals surface area contributed by atoms with Gasteiger partial charge in [0, 0.05) is 32.7 Å². The average molecular weight is 280 g/mol. The Morgan fingerprint density at radius 3 is 2.35 bits per heavy atom. The molecule has 5 nitrogen and oxygen atoms in total. The van der Waals surface area contributed by atoms with Gasteiger partial charge in [-0.3, -0.25) is 9.89 Å². The van der Waals surface area contributed by atoms with Crippen molar-refractivity contribution in [1.29, 1.82) is 0 Å². The van der Waals surface area contributed by atoms with Crippen LogP contribution in [0.3, 0.4) is 0 Å². The molecule has 3 aliphatic rings. The summed E-state index contributed by atoms with van der Waals surface area (Å²) in [7, 11) is 0. The van der Waals surface area contributed by atoms with Gasteiger partial charge in [-0.05, 0) is 25.7 Å². The van der Waals surface area contributed by atoms with Gasteiger partial charge in [-0.2, -0.15) is 0 Å². The largest absolute Gasteiger partial charge is 0.372 e. The minimum absolute atomic E-state index is 0.473. The molecule has 114 valence electrons. The van der Waals surface area contributed by atoms with Crippen molar-refractivity contribution in [3.05, 3.63) is 0 Å². The molecule has 0 spiro atoms. The van der Waals surface area contributed by atoms with Crippen LogP contribution in [-0.2, 0) is 4.74 Å². The molecule has 2 N–H and O–H groups in total. The highest BCUT2D eigenvalue weighted by Crippen LogP contribution is 2.25. The highest BCUT2D eigenvalue weighted by Gasteiger charge is 2.33. The van der Waals surface area contributed by atoms with Crippen LogP contribution in [0.5, 0.6) is 0 Å². The average Bonchev–Trinajstić information content (AvgIpc) is 2.69. The molecule has 3 saturated heterocycles. The number of ether oxygens (including phenoxy) is 1. The molecule has 5 heteroatoms. The number of likely N-dealkylation sites (tertiary alicyclic amines) is 2. The number of aliphatic imine (C=N–C) groups is 1. The first-order valence-corrected chi connectivity index (χ1v) is 8.24. The maximum Gasteiger partial charge on any atom is 0.191 e. The van der Waals surface area contributed by atoms with Gasteiger partial charge in [-0.25, -0.2) is 0 Å². The van der Waals surface area contributed by atoms with E-state index in [-0.39, 0.29) is 0 Å². The third-order valence-corrected chi connectivity index (χ3v) is 4.74. The SMILES string of the molecule is NC(=NCCN1CC2CCC(C1)O2)N1CCCCCC1. The predicted molar refractivity (Wildman–Crippen MR) is 80.9 cm³/mol. The van der Waals surface area contributed by atoms with E-state index >= 15 is 0 Å². The topological polar surface area (TPSA) is 54.1 Å². The van der Waals surface area contributed by atoms with Crippen LogP contribution in [0.1, 0.15) is 38.5 Å². The fraction of sp³-hybridized carbons (Fsp3) is 0.933. The highest BCUT2D eigenvalue weighted by molar-refractivity contribution is 5.78. The Morgan fingerprint density at radius 1 is 1.05 bits per heavy atom. The number of nitrogens with zero attached hydrogens (tertiary/aromatic N) is 3. The minimum atomic E-state index is 0.473. The van der Waals surface area contributed by atoms with Crippen molar-refractivity contribution >= 4 is 5.96 Å². The van der Waals surface area contributed by atoms with Gasteiger partial charge >= 0.3 is 0 Å². The van der Waals surface area contributed by atoms with Crippen molar-refractivity contribution in [3.8, 4) is 0 Å². The number of fused-ring (bicyclic) bond motifs is 2. The zero-order valence-electron chi connectivity index (χ0n) is 12.5. The first-order valence-electron chi connectivity index (χ1n) is 8.24. The van der Waals surface area contributed by atoms with Gasteiger partial charge in [0.2, 0.25) is 0 Å². The summed E-state index contributed by atoms with van der Waals surface area (Å²) in [4.78, 5) is 9.34. The summed E-state index contributed by atoms with van der Waals surface area (Å²) in [6, 6.07) is 0. The molecule has 0 aromatic heterocycles. The van der Waals surface area contributed by atoms with Gasteiger partial charge in [-0.15, -0.1) is 0 Å². The number of morpholine rings is 1. The van der Waals surface area contributed by atoms with E-state index in [0.717, 1.165) is 45.2 Å². The molecule has 2 unspecified atom stereocenters. The Hall–Kier alpha value is -0.810. The molecule has 0 amide bonds. The molecule has 3 heterocycles. The van der Waals surface area contributed by atoms with Gasteiger partial charge in [0.15, 0.2) is 5.96 Å². The number of rotatable bonds is 3. The fourth-order valence-electron chi connectivity index (χ4n) is 3.59. The van der Waals surface area contributed by atoms with E-state index in [9.17, 15) is 0 Å². The standard InChI is InChI=1S/C15H28N4O/c16-15(19-8-3-1-2-4-9-19)17-7-10-18-11-13-5-6-14(12-18)20-13/h13-14H,1-12H2,(H2,16,17). The molecule has 0 aliphatic carbocycles. The molecule has 2 atom stereocenters. The van der Waals surface area contributed by atoms with Gasteiger partial charge in [0.05, 0.1) is 18.8 Å². The zero-order chi connectivity index (χ0) is 13.8. The molecule has 3 rings (SSSR count). The van der Waals surface area contributed by atoms with Crippen LogP contribution >= 0.6 is 0 Å². The van der Waals surface area contributed by atoms with Crippen LogP contribution < -0.4 is 5.73 Å². The molecule has 0 aromatic rings. The third-order valence-electron chi connectivity index (χ3n) is 4.74. The van der Waals surface area contributed by atoms with Gasteiger partial charge in [0.25, 0.3) is 0 Å². The molecular formula is C15H28N4O. The molecule has 3 fully saturated rings. The molecule has 0 saturated carbocycles. The van der Waals surface area contributed by atoms with Crippen molar-refractivity contribution in [2.24, 2.45) is 10.7 Å². The zero-order valence-corrected chi connectivity index (χ0v) is 12.5. The van der Waals surface area contributed by atoms with Gasteiger partial charge in [-0.1, -0.05) is 12.8 Å². The van der Waals surface area contributed by atoms with Crippen molar-refractivity contribution in [2.75, 3.05) is 39.3 Å². The second-order valence-electron chi connectivity index (χ2n) is 6.36. The maximum absolute atomic E-state index is 6.13. The highest BCUT2D eigenvalue weighted by atomic mass is 16.5. The summed E-state index contributed by atoms with van der Waals surface area (Å²) in [5.41, 5.74) is 6.13. The number of guanidine groups is 1. The maximum atomic E-state index is 6.13.